The van der Waals surface area contributed by atoms with Gasteiger partial charge < -0.3 is 15.7 Å². The van der Waals surface area contributed by atoms with Crippen molar-refractivity contribution in [3.8, 4) is 17.7 Å². The Kier molecular flexibility index (Phi) is 4.28. The van der Waals surface area contributed by atoms with Crippen molar-refractivity contribution in [3.63, 3.8) is 0 Å². The Labute approximate surface area is 164 Å². The summed E-state index contributed by atoms with van der Waals surface area (Å²) in [5.74, 6) is 4.00. The van der Waals surface area contributed by atoms with Crippen LogP contribution in [0.25, 0.3) is 16.7 Å². The molecule has 3 N–H and O–H groups in total. The highest BCUT2D eigenvalue weighted by Gasteiger charge is 2.42. The number of hydrogen-bond acceptors (Lipinski definition) is 5. The predicted octanol–water partition coefficient (Wildman–Crippen LogP) is 0.603. The van der Waals surface area contributed by atoms with Gasteiger partial charge in [0.15, 0.2) is 11.5 Å². The molecular weight excluding hydrogens is 377 g/mol. The molecule has 0 bridgehead atoms. The maximum absolute atomic E-state index is 13.6. The van der Waals surface area contributed by atoms with Gasteiger partial charge in [0.1, 0.15) is 5.82 Å². The van der Waals surface area contributed by atoms with Gasteiger partial charge in [-0.3, -0.25) is 9.59 Å². The number of rotatable bonds is 2. The average molecular weight is 393 g/mol. The number of carbonyl (C=O) groups is 2. The first kappa shape index (κ1) is 18.6. The number of primary amides is 1. The largest absolute Gasteiger partial charge is 0.369 e. The molecule has 1 aliphatic heterocycles. The van der Waals surface area contributed by atoms with E-state index in [4.69, 9.17) is 5.73 Å². The SMILES string of the molecule is CN1CCC(O)(C#Cc2ccnc(-n3nc(C(N)=O)c4cc(F)ccc43)c2)C1=O. The molecule has 0 aliphatic carbocycles. The van der Waals surface area contributed by atoms with Crippen LogP contribution in [-0.2, 0) is 4.79 Å². The number of fused-ring (bicyclic) bond motifs is 1. The normalized spacial score (nSPS) is 18.7. The molecule has 2 aromatic heterocycles. The Morgan fingerprint density at radius 3 is 2.83 bits per heavy atom. The van der Waals surface area contributed by atoms with Gasteiger partial charge in [0.2, 0.25) is 5.60 Å². The minimum absolute atomic E-state index is 0.0771. The summed E-state index contributed by atoms with van der Waals surface area (Å²) in [5.41, 5.74) is 4.50. The summed E-state index contributed by atoms with van der Waals surface area (Å²) < 4.78 is 15.0. The molecule has 1 atom stereocenters. The summed E-state index contributed by atoms with van der Waals surface area (Å²) in [6.07, 6.45) is 1.71. The fourth-order valence-corrected chi connectivity index (χ4v) is 3.20. The van der Waals surface area contributed by atoms with Gasteiger partial charge in [-0.1, -0.05) is 11.8 Å². The first-order valence-corrected chi connectivity index (χ1v) is 8.74. The fourth-order valence-electron chi connectivity index (χ4n) is 3.20. The van der Waals surface area contributed by atoms with Gasteiger partial charge in [0.25, 0.3) is 11.8 Å². The van der Waals surface area contributed by atoms with Crippen molar-refractivity contribution < 1.29 is 19.1 Å². The van der Waals surface area contributed by atoms with Gasteiger partial charge in [-0.2, -0.15) is 5.10 Å². The van der Waals surface area contributed by atoms with Crippen LogP contribution >= 0.6 is 0 Å². The smallest absolute Gasteiger partial charge is 0.269 e. The summed E-state index contributed by atoms with van der Waals surface area (Å²) in [7, 11) is 1.61. The minimum atomic E-state index is -1.72. The third-order valence-electron chi connectivity index (χ3n) is 4.76. The number of hydrogen-bond donors (Lipinski definition) is 2. The maximum Gasteiger partial charge on any atom is 0.269 e. The maximum atomic E-state index is 13.6. The summed E-state index contributed by atoms with van der Waals surface area (Å²) in [4.78, 5) is 29.4. The summed E-state index contributed by atoms with van der Waals surface area (Å²) in [6.45, 7) is 0.428. The second-order valence-corrected chi connectivity index (χ2v) is 6.78. The Balaban J connectivity index is 1.77. The number of nitrogens with zero attached hydrogens (tertiary/aromatic N) is 4. The lowest BCUT2D eigenvalue weighted by molar-refractivity contribution is -0.137. The van der Waals surface area contributed by atoms with E-state index in [1.165, 1.54) is 34.0 Å². The van der Waals surface area contributed by atoms with Crippen molar-refractivity contribution in [1.29, 1.82) is 0 Å². The molecule has 0 radical (unpaired) electrons. The van der Waals surface area contributed by atoms with Gasteiger partial charge in [-0.25, -0.2) is 14.1 Å². The van der Waals surface area contributed by atoms with Crippen LogP contribution in [0.3, 0.4) is 0 Å². The van der Waals surface area contributed by atoms with Gasteiger partial charge >= 0.3 is 0 Å². The Morgan fingerprint density at radius 2 is 2.14 bits per heavy atom. The summed E-state index contributed by atoms with van der Waals surface area (Å²) in [6, 6.07) is 7.09. The highest BCUT2D eigenvalue weighted by Crippen LogP contribution is 2.23. The molecule has 0 spiro atoms. The van der Waals surface area contributed by atoms with Crippen LogP contribution in [0.15, 0.2) is 36.5 Å². The second-order valence-electron chi connectivity index (χ2n) is 6.78. The van der Waals surface area contributed by atoms with Crippen LogP contribution < -0.4 is 5.73 Å². The first-order chi connectivity index (χ1) is 13.8. The fraction of sp³-hybridized carbons (Fsp3) is 0.200. The Hall–Kier alpha value is -3.77. The predicted molar refractivity (Wildman–Crippen MR) is 101 cm³/mol. The number of benzene rings is 1. The minimum Gasteiger partial charge on any atom is -0.369 e. The number of halogens is 1. The van der Waals surface area contributed by atoms with Crippen LogP contribution in [-0.4, -0.2) is 55.8 Å². The number of amides is 2. The highest BCUT2D eigenvalue weighted by molar-refractivity contribution is 6.04. The quantitative estimate of drug-likeness (QED) is 0.619. The van der Waals surface area contributed by atoms with Crippen molar-refractivity contribution in [2.75, 3.05) is 13.6 Å². The van der Waals surface area contributed by atoms with E-state index in [1.807, 2.05) is 0 Å². The standard InChI is InChI=1S/C20H16FN5O3/c1-25-9-7-20(29,19(25)28)6-4-12-5-8-23-16(10-12)26-15-3-2-13(21)11-14(15)17(24-26)18(22)27/h2-3,5,8,10-11,29H,7,9H2,1H3,(H2,22,27). The van der Waals surface area contributed by atoms with Gasteiger partial charge in [0.05, 0.1) is 5.52 Å². The molecule has 1 unspecified atom stereocenters. The topological polar surface area (TPSA) is 114 Å². The average Bonchev–Trinajstić information content (AvgIpc) is 3.20. The lowest BCUT2D eigenvalue weighted by atomic mass is 10.0. The van der Waals surface area contributed by atoms with Gasteiger partial charge in [-0.15, -0.1) is 0 Å². The molecule has 0 saturated carbocycles. The lowest BCUT2D eigenvalue weighted by Crippen LogP contribution is -2.37. The van der Waals surface area contributed by atoms with Crippen molar-refractivity contribution in [3.05, 3.63) is 53.6 Å². The van der Waals surface area contributed by atoms with E-state index in [-0.39, 0.29) is 17.5 Å². The van der Waals surface area contributed by atoms with E-state index in [0.717, 1.165) is 0 Å². The second kappa shape index (κ2) is 6.68. The van der Waals surface area contributed by atoms with Crippen molar-refractivity contribution in [2.24, 2.45) is 5.73 Å². The number of nitrogens with two attached hydrogens (primary N) is 1. The molecule has 1 aromatic carbocycles. The number of likely N-dealkylation sites (N-methyl/N-ethyl adjacent to an activating group) is 1. The monoisotopic (exact) mass is 393 g/mol. The van der Waals surface area contributed by atoms with Crippen LogP contribution in [0.4, 0.5) is 4.39 Å². The molecular formula is C20H16FN5O3. The van der Waals surface area contributed by atoms with Crippen LogP contribution in [0.1, 0.15) is 22.5 Å². The lowest BCUT2D eigenvalue weighted by Gasteiger charge is -2.13. The van der Waals surface area contributed by atoms with Gasteiger partial charge in [-0.05, 0) is 30.3 Å². The molecule has 146 valence electrons. The number of aliphatic hydroxyl groups is 1. The molecule has 8 nitrogen and oxygen atoms in total. The number of aromatic nitrogens is 3. The third-order valence-corrected chi connectivity index (χ3v) is 4.76. The molecule has 1 aliphatic rings. The Bertz CT molecular complexity index is 1230. The molecule has 1 fully saturated rings. The van der Waals surface area contributed by atoms with Crippen molar-refractivity contribution >= 4 is 22.7 Å². The van der Waals surface area contributed by atoms with Crippen LogP contribution in [0.2, 0.25) is 0 Å². The zero-order chi connectivity index (χ0) is 20.8. The molecule has 4 rings (SSSR count). The highest BCUT2D eigenvalue weighted by atomic mass is 19.1. The molecule has 3 aromatic rings. The molecule has 29 heavy (non-hydrogen) atoms. The number of pyridine rings is 1. The number of likely N-dealkylation sites (tertiary alicyclic amines) is 1. The van der Waals surface area contributed by atoms with E-state index in [1.54, 1.807) is 19.2 Å². The van der Waals surface area contributed by atoms with E-state index >= 15 is 0 Å². The molecule has 2 amide bonds. The summed E-state index contributed by atoms with van der Waals surface area (Å²) >= 11 is 0. The zero-order valence-electron chi connectivity index (χ0n) is 15.4. The van der Waals surface area contributed by atoms with Crippen LogP contribution in [0.5, 0.6) is 0 Å². The summed E-state index contributed by atoms with van der Waals surface area (Å²) in [5, 5.41) is 14.9. The Morgan fingerprint density at radius 1 is 1.34 bits per heavy atom. The van der Waals surface area contributed by atoms with Crippen molar-refractivity contribution in [2.45, 2.75) is 12.0 Å². The van der Waals surface area contributed by atoms with Crippen molar-refractivity contribution in [1.82, 2.24) is 19.7 Å². The van der Waals surface area contributed by atoms with E-state index < -0.39 is 23.2 Å². The zero-order valence-corrected chi connectivity index (χ0v) is 15.4. The van der Waals surface area contributed by atoms with E-state index in [0.29, 0.717) is 23.4 Å². The first-order valence-electron chi connectivity index (χ1n) is 8.74. The third kappa shape index (κ3) is 3.19. The van der Waals surface area contributed by atoms with E-state index in [9.17, 15) is 19.1 Å². The molecule has 1 saturated heterocycles. The number of carbonyl (C=O) groups excluding carboxylic acids is 2. The van der Waals surface area contributed by atoms with Crippen LogP contribution in [0, 0.1) is 17.7 Å². The molecule has 9 heteroatoms. The molecule has 3 heterocycles. The van der Waals surface area contributed by atoms with E-state index in [2.05, 4.69) is 21.9 Å². The van der Waals surface area contributed by atoms with Gasteiger partial charge in [0, 0.05) is 37.2 Å².